The molecule has 3 rings (SSSR count). The van der Waals surface area contributed by atoms with Gasteiger partial charge in [-0.25, -0.2) is 0 Å². The van der Waals surface area contributed by atoms with Gasteiger partial charge in [-0.2, -0.15) is 0 Å². The lowest BCUT2D eigenvalue weighted by Gasteiger charge is -2.42. The first-order valence-corrected chi connectivity index (χ1v) is 10.5. The van der Waals surface area contributed by atoms with E-state index in [2.05, 4.69) is 67.5 Å². The van der Waals surface area contributed by atoms with Gasteiger partial charge in [-0.15, -0.1) is 0 Å². The normalized spacial score (nSPS) is 23.5. The molecule has 1 aliphatic carbocycles. The summed E-state index contributed by atoms with van der Waals surface area (Å²) in [6, 6.07) is 19.0. The Bertz CT molecular complexity index is 720. The van der Waals surface area contributed by atoms with Crippen LogP contribution in [0.1, 0.15) is 49.1 Å². The van der Waals surface area contributed by atoms with Gasteiger partial charge in [0, 0.05) is 5.92 Å². The molecule has 0 aromatic heterocycles. The van der Waals surface area contributed by atoms with E-state index in [-0.39, 0.29) is 5.92 Å². The van der Waals surface area contributed by atoms with Crippen molar-refractivity contribution in [3.8, 4) is 5.75 Å². The Labute approximate surface area is 170 Å². The van der Waals surface area contributed by atoms with E-state index in [1.54, 1.807) is 7.11 Å². The van der Waals surface area contributed by atoms with Crippen molar-refractivity contribution in [3.05, 3.63) is 65.7 Å². The van der Waals surface area contributed by atoms with Crippen LogP contribution in [0.4, 0.5) is 0 Å². The number of methoxy groups -OCH3 is 1. The molecule has 3 heteroatoms. The van der Waals surface area contributed by atoms with Gasteiger partial charge in [0.2, 0.25) is 0 Å². The molecule has 1 atom stereocenters. The molecule has 1 aliphatic rings. The van der Waals surface area contributed by atoms with Gasteiger partial charge < -0.3 is 14.7 Å². The number of hydrogen-bond donors (Lipinski definition) is 1. The monoisotopic (exact) mass is 381 g/mol. The van der Waals surface area contributed by atoms with Crippen LogP contribution in [0.5, 0.6) is 5.75 Å². The van der Waals surface area contributed by atoms with E-state index < -0.39 is 5.60 Å². The van der Waals surface area contributed by atoms with Gasteiger partial charge in [-0.1, -0.05) is 42.5 Å². The van der Waals surface area contributed by atoms with Crippen LogP contribution >= 0.6 is 0 Å². The number of ether oxygens (including phenoxy) is 1. The molecule has 1 unspecified atom stereocenters. The fraction of sp³-hybridized carbons (Fsp3) is 0.520. The molecule has 152 valence electrons. The molecule has 28 heavy (non-hydrogen) atoms. The molecule has 2 aromatic carbocycles. The van der Waals surface area contributed by atoms with Gasteiger partial charge in [0.1, 0.15) is 5.75 Å². The lowest BCUT2D eigenvalue weighted by molar-refractivity contribution is -0.0368. The summed E-state index contributed by atoms with van der Waals surface area (Å²) >= 11 is 0. The first kappa shape index (κ1) is 20.9. The Hall–Kier alpha value is -1.84. The van der Waals surface area contributed by atoms with Crippen molar-refractivity contribution in [2.24, 2.45) is 5.92 Å². The zero-order valence-electron chi connectivity index (χ0n) is 17.6. The summed E-state index contributed by atoms with van der Waals surface area (Å²) in [5.74, 6) is 1.77. The predicted octanol–water partition coefficient (Wildman–Crippen LogP) is 4.89. The van der Waals surface area contributed by atoms with Gasteiger partial charge in [0.25, 0.3) is 0 Å². The topological polar surface area (TPSA) is 32.7 Å². The maximum Gasteiger partial charge on any atom is 0.119 e. The maximum atomic E-state index is 11.6. The van der Waals surface area contributed by atoms with Gasteiger partial charge in [0.05, 0.1) is 12.7 Å². The third-order valence-electron chi connectivity index (χ3n) is 6.35. The first-order valence-electron chi connectivity index (χ1n) is 10.5. The quantitative estimate of drug-likeness (QED) is 0.706. The SMILES string of the molecule is COc1cccc(CC2CCC(O)(C(CCN(C)C)c3ccccc3)CC2)c1. The molecule has 2 aromatic rings. The number of hydrogen-bond acceptors (Lipinski definition) is 3. The Morgan fingerprint density at radius 1 is 1.07 bits per heavy atom. The van der Waals surface area contributed by atoms with E-state index >= 15 is 0 Å². The van der Waals surface area contributed by atoms with Crippen LogP contribution in [0.2, 0.25) is 0 Å². The summed E-state index contributed by atoms with van der Waals surface area (Å²) < 4.78 is 5.36. The van der Waals surface area contributed by atoms with Crippen molar-refractivity contribution < 1.29 is 9.84 Å². The summed E-state index contributed by atoms with van der Waals surface area (Å²) in [5.41, 5.74) is 2.02. The summed E-state index contributed by atoms with van der Waals surface area (Å²) in [6.07, 6.45) is 6.00. The second-order valence-electron chi connectivity index (χ2n) is 8.66. The van der Waals surface area contributed by atoms with Crippen molar-refractivity contribution in [1.29, 1.82) is 0 Å². The van der Waals surface area contributed by atoms with Crippen molar-refractivity contribution >= 4 is 0 Å². The largest absolute Gasteiger partial charge is 0.497 e. The molecule has 0 amide bonds. The lowest BCUT2D eigenvalue weighted by atomic mass is 9.68. The second-order valence-corrected chi connectivity index (χ2v) is 8.66. The highest BCUT2D eigenvalue weighted by atomic mass is 16.5. The number of aliphatic hydroxyl groups is 1. The minimum atomic E-state index is -0.595. The van der Waals surface area contributed by atoms with E-state index in [0.29, 0.717) is 5.92 Å². The van der Waals surface area contributed by atoms with Crippen molar-refractivity contribution in [1.82, 2.24) is 4.90 Å². The Balaban J connectivity index is 1.66. The smallest absolute Gasteiger partial charge is 0.119 e. The highest BCUT2D eigenvalue weighted by molar-refractivity contribution is 5.29. The first-order chi connectivity index (χ1) is 13.5. The number of nitrogens with zero attached hydrogens (tertiary/aromatic N) is 1. The zero-order chi connectivity index (χ0) is 20.0. The van der Waals surface area contributed by atoms with Gasteiger partial charge in [0.15, 0.2) is 0 Å². The maximum absolute atomic E-state index is 11.6. The molecule has 1 saturated carbocycles. The molecule has 0 saturated heterocycles. The van der Waals surface area contributed by atoms with E-state index in [1.807, 2.05) is 6.07 Å². The average molecular weight is 382 g/mol. The molecule has 0 spiro atoms. The molecule has 0 bridgehead atoms. The van der Waals surface area contributed by atoms with Crippen molar-refractivity contribution in [3.63, 3.8) is 0 Å². The number of benzene rings is 2. The van der Waals surface area contributed by atoms with Crippen LogP contribution in [-0.4, -0.2) is 43.4 Å². The molecular weight excluding hydrogens is 346 g/mol. The summed E-state index contributed by atoms with van der Waals surface area (Å²) in [5, 5.41) is 11.6. The highest BCUT2D eigenvalue weighted by Crippen LogP contribution is 2.44. The summed E-state index contributed by atoms with van der Waals surface area (Å²) in [6.45, 7) is 0.995. The molecule has 0 aliphatic heterocycles. The zero-order valence-corrected chi connectivity index (χ0v) is 17.6. The van der Waals surface area contributed by atoms with Crippen molar-refractivity contribution in [2.45, 2.75) is 50.0 Å². The fourth-order valence-corrected chi connectivity index (χ4v) is 4.68. The standard InChI is InChI=1S/C25H35NO2/c1-26(2)17-14-24(22-9-5-4-6-10-22)25(27)15-12-20(13-16-25)18-21-8-7-11-23(19-21)28-3/h4-11,19-20,24,27H,12-18H2,1-3H3. The van der Waals surface area contributed by atoms with E-state index in [0.717, 1.165) is 50.8 Å². The van der Waals surface area contributed by atoms with Crippen LogP contribution in [-0.2, 0) is 6.42 Å². The minimum Gasteiger partial charge on any atom is -0.497 e. The fourth-order valence-electron chi connectivity index (χ4n) is 4.68. The Kier molecular flexibility index (Phi) is 7.14. The molecule has 1 N–H and O–H groups in total. The van der Waals surface area contributed by atoms with E-state index in [1.165, 1.54) is 11.1 Å². The van der Waals surface area contributed by atoms with Crippen LogP contribution in [0.15, 0.2) is 54.6 Å². The van der Waals surface area contributed by atoms with Gasteiger partial charge in [-0.05, 0) is 88.3 Å². The van der Waals surface area contributed by atoms with Gasteiger partial charge in [-0.3, -0.25) is 0 Å². The van der Waals surface area contributed by atoms with Crippen LogP contribution < -0.4 is 4.74 Å². The molecule has 0 radical (unpaired) electrons. The van der Waals surface area contributed by atoms with Gasteiger partial charge >= 0.3 is 0 Å². The Morgan fingerprint density at radius 2 is 1.79 bits per heavy atom. The number of rotatable bonds is 8. The molecule has 3 nitrogen and oxygen atoms in total. The van der Waals surface area contributed by atoms with E-state index in [4.69, 9.17) is 4.74 Å². The summed E-state index contributed by atoms with van der Waals surface area (Å²) in [7, 11) is 5.94. The minimum absolute atomic E-state index is 0.203. The Morgan fingerprint density at radius 3 is 2.43 bits per heavy atom. The highest BCUT2D eigenvalue weighted by Gasteiger charge is 2.40. The molecule has 0 heterocycles. The van der Waals surface area contributed by atoms with Crippen molar-refractivity contribution in [2.75, 3.05) is 27.7 Å². The molecular formula is C25H35NO2. The van der Waals surface area contributed by atoms with Crippen LogP contribution in [0.25, 0.3) is 0 Å². The third-order valence-corrected chi connectivity index (χ3v) is 6.35. The predicted molar refractivity (Wildman–Crippen MR) is 116 cm³/mol. The van der Waals surface area contributed by atoms with Crippen LogP contribution in [0.3, 0.4) is 0 Å². The lowest BCUT2D eigenvalue weighted by Crippen LogP contribution is -2.41. The summed E-state index contributed by atoms with van der Waals surface area (Å²) in [4.78, 5) is 2.22. The van der Waals surface area contributed by atoms with E-state index in [9.17, 15) is 5.11 Å². The second kappa shape index (κ2) is 9.58. The average Bonchev–Trinajstić information content (AvgIpc) is 2.71. The molecule has 1 fully saturated rings. The third kappa shape index (κ3) is 5.36. The van der Waals surface area contributed by atoms with Crippen LogP contribution in [0, 0.1) is 5.92 Å².